The lowest BCUT2D eigenvalue weighted by Gasteiger charge is -2.11. The second-order valence-corrected chi connectivity index (χ2v) is 5.69. The monoisotopic (exact) mass is 253 g/mol. The minimum absolute atomic E-state index is 0.146. The predicted octanol–water partition coefficient (Wildman–Crippen LogP) is 2.76. The van der Waals surface area contributed by atoms with Gasteiger partial charge in [0.2, 0.25) is 0 Å². The normalized spacial score (nSPS) is 19.3. The second kappa shape index (κ2) is 5.54. The molecule has 1 N–H and O–H groups in total. The van der Waals surface area contributed by atoms with Gasteiger partial charge in [0.25, 0.3) is 5.91 Å². The van der Waals surface area contributed by atoms with Crippen LogP contribution >= 0.6 is 11.8 Å². The third-order valence-electron chi connectivity index (χ3n) is 2.95. The van der Waals surface area contributed by atoms with Crippen molar-refractivity contribution in [3.8, 4) is 0 Å². The van der Waals surface area contributed by atoms with Gasteiger partial charge in [-0.15, -0.1) is 0 Å². The fourth-order valence-corrected chi connectivity index (χ4v) is 3.13. The summed E-state index contributed by atoms with van der Waals surface area (Å²) in [5, 5.41) is 3.30. The molecule has 1 unspecified atom stereocenters. The highest BCUT2D eigenvalue weighted by molar-refractivity contribution is 8.00. The number of carbonyl (C=O) groups excluding carboxylic acids is 1. The molecule has 0 spiro atoms. The maximum Gasteiger partial charge on any atom is 0.254 e. The lowest BCUT2D eigenvalue weighted by molar-refractivity contribution is 0.0949. The molecule has 1 aliphatic heterocycles. The van der Waals surface area contributed by atoms with E-state index in [0.717, 1.165) is 6.42 Å². The Hall–Kier alpha value is -1.03. The Labute approximate surface area is 105 Å². The number of thioether (sulfide) groups is 1. The van der Waals surface area contributed by atoms with E-state index in [-0.39, 0.29) is 11.5 Å². The molecule has 1 saturated heterocycles. The molecule has 2 rings (SSSR count). The third-order valence-corrected chi connectivity index (χ3v) is 4.35. The number of halogens is 1. The van der Waals surface area contributed by atoms with Crippen LogP contribution in [0.1, 0.15) is 28.8 Å². The zero-order valence-corrected chi connectivity index (χ0v) is 10.6. The third kappa shape index (κ3) is 3.00. The van der Waals surface area contributed by atoms with Crippen molar-refractivity contribution in [3.05, 3.63) is 35.1 Å². The molecule has 1 aliphatic rings. The summed E-state index contributed by atoms with van der Waals surface area (Å²) in [4.78, 5) is 11.8. The molecule has 1 atom stereocenters. The largest absolute Gasteiger partial charge is 0.351 e. The Morgan fingerprint density at radius 2 is 2.41 bits per heavy atom. The van der Waals surface area contributed by atoms with Gasteiger partial charge in [0, 0.05) is 11.8 Å². The van der Waals surface area contributed by atoms with E-state index in [1.54, 1.807) is 19.1 Å². The Morgan fingerprint density at radius 3 is 3.12 bits per heavy atom. The van der Waals surface area contributed by atoms with Crippen LogP contribution in [0.4, 0.5) is 4.39 Å². The summed E-state index contributed by atoms with van der Waals surface area (Å²) in [6, 6.07) is 4.90. The van der Waals surface area contributed by atoms with Crippen molar-refractivity contribution < 1.29 is 9.18 Å². The van der Waals surface area contributed by atoms with E-state index in [1.165, 1.54) is 18.2 Å². The van der Waals surface area contributed by atoms with Crippen molar-refractivity contribution in [2.75, 3.05) is 12.3 Å². The number of carbonyl (C=O) groups is 1. The van der Waals surface area contributed by atoms with Crippen molar-refractivity contribution >= 4 is 17.7 Å². The van der Waals surface area contributed by atoms with Gasteiger partial charge in [0.1, 0.15) is 5.82 Å². The van der Waals surface area contributed by atoms with E-state index < -0.39 is 5.82 Å². The molecule has 0 aliphatic carbocycles. The van der Waals surface area contributed by atoms with Crippen LogP contribution < -0.4 is 5.32 Å². The molecule has 0 bridgehead atoms. The minimum Gasteiger partial charge on any atom is -0.351 e. The van der Waals surface area contributed by atoms with Crippen LogP contribution in [-0.2, 0) is 0 Å². The molecular formula is C13H16FNOS. The van der Waals surface area contributed by atoms with E-state index in [0.29, 0.717) is 17.4 Å². The lowest BCUT2D eigenvalue weighted by Crippen LogP contribution is -2.30. The number of rotatable bonds is 3. The Kier molecular flexibility index (Phi) is 4.05. The summed E-state index contributed by atoms with van der Waals surface area (Å²) >= 11 is 1.88. The van der Waals surface area contributed by atoms with Crippen LogP contribution in [0.3, 0.4) is 0 Å². The average Bonchev–Trinajstić information content (AvgIpc) is 2.82. The predicted molar refractivity (Wildman–Crippen MR) is 69.0 cm³/mol. The molecule has 17 heavy (non-hydrogen) atoms. The standard InChI is InChI=1S/C13H16FNOS/c1-9-4-2-6-11(12(9)14)13(16)15-8-10-5-3-7-17-10/h2,4,6,10H,3,5,7-8H2,1H3,(H,15,16). The van der Waals surface area contributed by atoms with Crippen molar-refractivity contribution in [1.82, 2.24) is 5.32 Å². The molecule has 1 heterocycles. The topological polar surface area (TPSA) is 29.1 Å². The van der Waals surface area contributed by atoms with Gasteiger partial charge in [-0.25, -0.2) is 4.39 Å². The number of hydrogen-bond acceptors (Lipinski definition) is 2. The van der Waals surface area contributed by atoms with Crippen LogP contribution in [-0.4, -0.2) is 23.5 Å². The summed E-state index contributed by atoms with van der Waals surface area (Å²) in [5.41, 5.74) is 0.654. The van der Waals surface area contributed by atoms with Gasteiger partial charge in [-0.05, 0) is 37.1 Å². The maximum atomic E-state index is 13.7. The van der Waals surface area contributed by atoms with Gasteiger partial charge in [0.15, 0.2) is 0 Å². The van der Waals surface area contributed by atoms with Crippen LogP contribution in [0.15, 0.2) is 18.2 Å². The average molecular weight is 253 g/mol. The Morgan fingerprint density at radius 1 is 1.59 bits per heavy atom. The minimum atomic E-state index is -0.413. The molecule has 0 saturated carbocycles. The van der Waals surface area contributed by atoms with E-state index >= 15 is 0 Å². The van der Waals surface area contributed by atoms with Crippen LogP contribution in [0.5, 0.6) is 0 Å². The van der Waals surface area contributed by atoms with Gasteiger partial charge in [-0.3, -0.25) is 4.79 Å². The highest BCUT2D eigenvalue weighted by atomic mass is 32.2. The Balaban J connectivity index is 1.97. The van der Waals surface area contributed by atoms with Gasteiger partial charge >= 0.3 is 0 Å². The first-order chi connectivity index (χ1) is 8.18. The number of aryl methyl sites for hydroxylation is 1. The van der Waals surface area contributed by atoms with E-state index in [9.17, 15) is 9.18 Å². The molecule has 1 aromatic rings. The van der Waals surface area contributed by atoms with Gasteiger partial charge in [-0.1, -0.05) is 12.1 Å². The van der Waals surface area contributed by atoms with Crippen LogP contribution in [0.25, 0.3) is 0 Å². The summed E-state index contributed by atoms with van der Waals surface area (Å²) in [5.74, 6) is 0.446. The maximum absolute atomic E-state index is 13.7. The number of benzene rings is 1. The summed E-state index contributed by atoms with van der Waals surface area (Å²) in [6.07, 6.45) is 2.35. The zero-order chi connectivity index (χ0) is 12.3. The fourth-order valence-electron chi connectivity index (χ4n) is 1.93. The van der Waals surface area contributed by atoms with Crippen molar-refractivity contribution in [2.45, 2.75) is 25.0 Å². The first-order valence-corrected chi connectivity index (χ1v) is 6.88. The lowest BCUT2D eigenvalue weighted by atomic mass is 10.1. The van der Waals surface area contributed by atoms with Gasteiger partial charge in [0.05, 0.1) is 5.56 Å². The van der Waals surface area contributed by atoms with E-state index in [1.807, 2.05) is 11.8 Å². The molecule has 2 nitrogen and oxygen atoms in total. The fraction of sp³-hybridized carbons (Fsp3) is 0.462. The summed E-state index contributed by atoms with van der Waals surface area (Å²) in [6.45, 7) is 2.30. The van der Waals surface area contributed by atoms with E-state index in [2.05, 4.69) is 5.32 Å². The number of nitrogens with one attached hydrogen (secondary N) is 1. The Bertz CT molecular complexity index is 416. The van der Waals surface area contributed by atoms with Gasteiger partial charge < -0.3 is 5.32 Å². The highest BCUT2D eigenvalue weighted by Crippen LogP contribution is 2.25. The number of amides is 1. The SMILES string of the molecule is Cc1cccc(C(=O)NCC2CCCS2)c1F. The molecule has 0 radical (unpaired) electrons. The highest BCUT2D eigenvalue weighted by Gasteiger charge is 2.18. The summed E-state index contributed by atoms with van der Waals surface area (Å²) < 4.78 is 13.7. The quantitative estimate of drug-likeness (QED) is 0.897. The molecule has 0 aromatic heterocycles. The summed E-state index contributed by atoms with van der Waals surface area (Å²) in [7, 11) is 0. The van der Waals surface area contributed by atoms with Gasteiger partial charge in [-0.2, -0.15) is 11.8 Å². The second-order valence-electron chi connectivity index (χ2n) is 4.28. The number of hydrogen-bond donors (Lipinski definition) is 1. The smallest absolute Gasteiger partial charge is 0.254 e. The van der Waals surface area contributed by atoms with E-state index in [4.69, 9.17) is 0 Å². The van der Waals surface area contributed by atoms with Crippen molar-refractivity contribution in [3.63, 3.8) is 0 Å². The van der Waals surface area contributed by atoms with Crippen LogP contribution in [0.2, 0.25) is 0 Å². The van der Waals surface area contributed by atoms with Crippen molar-refractivity contribution in [1.29, 1.82) is 0 Å². The molecule has 1 amide bonds. The molecular weight excluding hydrogens is 237 g/mol. The first kappa shape index (κ1) is 12.4. The molecule has 92 valence electrons. The molecule has 1 aromatic carbocycles. The zero-order valence-electron chi connectivity index (χ0n) is 9.83. The van der Waals surface area contributed by atoms with Crippen LogP contribution in [0, 0.1) is 12.7 Å². The first-order valence-electron chi connectivity index (χ1n) is 5.83. The molecule has 4 heteroatoms. The van der Waals surface area contributed by atoms with Crippen molar-refractivity contribution in [2.24, 2.45) is 0 Å². The molecule has 1 fully saturated rings.